The van der Waals surface area contributed by atoms with E-state index in [1.807, 2.05) is 12.1 Å². The minimum atomic E-state index is -1.03. The third kappa shape index (κ3) is 3.24. The van der Waals surface area contributed by atoms with Gasteiger partial charge in [0.05, 0.1) is 5.69 Å². The number of aromatic carboxylic acids is 1. The van der Waals surface area contributed by atoms with Crippen LogP contribution in [0.3, 0.4) is 0 Å². The molecule has 0 aliphatic carbocycles. The number of hydrogen-bond acceptors (Lipinski definition) is 4. The Hall–Kier alpha value is -1.06. The maximum Gasteiger partial charge on any atom is 1.00 e. The third-order valence-electron chi connectivity index (χ3n) is 2.18. The van der Waals surface area contributed by atoms with E-state index in [0.29, 0.717) is 11.3 Å². The van der Waals surface area contributed by atoms with Gasteiger partial charge < -0.3 is 15.1 Å². The van der Waals surface area contributed by atoms with E-state index >= 15 is 0 Å². The second-order valence-electron chi connectivity index (χ2n) is 3.28. The van der Waals surface area contributed by atoms with Gasteiger partial charge in [-0.25, -0.2) is 4.79 Å². The summed E-state index contributed by atoms with van der Waals surface area (Å²) >= 11 is 3.31. The summed E-state index contributed by atoms with van der Waals surface area (Å²) in [7, 11) is 0. The van der Waals surface area contributed by atoms with Crippen LogP contribution in [-0.2, 0) is 0 Å². The van der Waals surface area contributed by atoms with Crippen molar-refractivity contribution in [3.8, 4) is 11.3 Å². The summed E-state index contributed by atoms with van der Waals surface area (Å²) in [5, 5.41) is 12.7. The minimum Gasteiger partial charge on any atom is -0.870 e. The summed E-state index contributed by atoms with van der Waals surface area (Å²) < 4.78 is 5.96. The van der Waals surface area contributed by atoms with E-state index in [9.17, 15) is 4.79 Å². The monoisotopic (exact) mass is 305 g/mol. The van der Waals surface area contributed by atoms with Gasteiger partial charge >= 0.3 is 24.8 Å². The molecule has 2 aromatic rings. The molecule has 1 heterocycles. The summed E-state index contributed by atoms with van der Waals surface area (Å²) in [6.07, 6.45) is 0. The van der Waals surface area contributed by atoms with Gasteiger partial charge in [0, 0.05) is 10.0 Å². The average molecular weight is 306 g/mol. The number of carboxylic acids is 1. The maximum absolute atomic E-state index is 11.0. The SMILES string of the molecule is Cc1noc(-c2ccc(Br)cc2)c1C(=O)O.[Li+].[OH-]. The Morgan fingerprint density at radius 1 is 1.33 bits per heavy atom. The zero-order chi connectivity index (χ0) is 11.7. The molecule has 0 fully saturated rings. The second-order valence-corrected chi connectivity index (χ2v) is 4.20. The van der Waals surface area contributed by atoms with E-state index in [4.69, 9.17) is 9.63 Å². The molecule has 0 aliphatic rings. The van der Waals surface area contributed by atoms with E-state index < -0.39 is 5.97 Å². The van der Waals surface area contributed by atoms with E-state index in [1.54, 1.807) is 19.1 Å². The van der Waals surface area contributed by atoms with Crippen molar-refractivity contribution in [1.82, 2.24) is 5.16 Å². The third-order valence-corrected chi connectivity index (χ3v) is 2.71. The van der Waals surface area contributed by atoms with Crippen LogP contribution in [0.4, 0.5) is 0 Å². The van der Waals surface area contributed by atoms with Crippen molar-refractivity contribution in [3.05, 3.63) is 40.0 Å². The normalized spacial score (nSPS) is 9.22. The molecule has 2 N–H and O–H groups in total. The standard InChI is InChI=1S/C11H8BrNO3.Li.H2O/c1-6-9(11(14)15)10(16-13-6)7-2-4-8(12)5-3-7;;/h2-5H,1H3,(H,14,15);;1H2/q;+1;/p-1. The number of carbonyl (C=O) groups is 1. The molecular formula is C11H9BrLiNO4. The largest absolute Gasteiger partial charge is 1.00 e. The quantitative estimate of drug-likeness (QED) is 0.784. The first kappa shape index (κ1) is 16.9. The van der Waals surface area contributed by atoms with Crippen LogP contribution >= 0.6 is 15.9 Å². The Morgan fingerprint density at radius 2 is 1.89 bits per heavy atom. The van der Waals surface area contributed by atoms with Crippen LogP contribution in [0, 0.1) is 6.92 Å². The second kappa shape index (κ2) is 6.76. The van der Waals surface area contributed by atoms with Gasteiger partial charge in [-0.2, -0.15) is 0 Å². The van der Waals surface area contributed by atoms with Crippen molar-refractivity contribution in [2.75, 3.05) is 0 Å². The van der Waals surface area contributed by atoms with E-state index in [-0.39, 0.29) is 35.7 Å². The fourth-order valence-corrected chi connectivity index (χ4v) is 1.68. The van der Waals surface area contributed by atoms with Gasteiger partial charge in [0.25, 0.3) is 0 Å². The molecule has 0 amide bonds. The first-order chi connectivity index (χ1) is 7.59. The Labute approximate surface area is 124 Å². The van der Waals surface area contributed by atoms with Crippen LogP contribution in [-0.4, -0.2) is 21.7 Å². The van der Waals surface area contributed by atoms with E-state index in [1.165, 1.54) is 0 Å². The summed E-state index contributed by atoms with van der Waals surface area (Å²) in [4.78, 5) is 11.0. The summed E-state index contributed by atoms with van der Waals surface area (Å²) in [5.41, 5.74) is 1.19. The number of aromatic nitrogens is 1. The minimum absolute atomic E-state index is 0. The van der Waals surface area contributed by atoms with Gasteiger partial charge in [-0.15, -0.1) is 0 Å². The van der Waals surface area contributed by atoms with Crippen molar-refractivity contribution in [2.24, 2.45) is 0 Å². The Morgan fingerprint density at radius 3 is 2.39 bits per heavy atom. The molecule has 0 saturated carbocycles. The summed E-state index contributed by atoms with van der Waals surface area (Å²) in [6, 6.07) is 7.19. The number of hydrogen-bond donors (Lipinski definition) is 1. The van der Waals surface area contributed by atoms with Gasteiger partial charge in [-0.3, -0.25) is 0 Å². The molecule has 5 nitrogen and oxygen atoms in total. The number of halogens is 1. The molecule has 0 atom stereocenters. The number of rotatable bonds is 2. The van der Waals surface area contributed by atoms with Gasteiger partial charge in [-0.1, -0.05) is 21.1 Å². The van der Waals surface area contributed by atoms with Crippen molar-refractivity contribution >= 4 is 21.9 Å². The fraction of sp³-hybridized carbons (Fsp3) is 0.0909. The maximum atomic E-state index is 11.0. The molecule has 0 spiro atoms. The first-order valence-corrected chi connectivity index (χ1v) is 5.34. The Kier molecular flexibility index (Phi) is 6.36. The number of benzene rings is 1. The van der Waals surface area contributed by atoms with Crippen molar-refractivity contribution < 1.29 is 38.8 Å². The molecule has 90 valence electrons. The van der Waals surface area contributed by atoms with Crippen LogP contribution in [0.15, 0.2) is 33.3 Å². The molecule has 0 bridgehead atoms. The molecule has 1 aromatic heterocycles. The van der Waals surface area contributed by atoms with Crippen LogP contribution in [0.1, 0.15) is 16.1 Å². The predicted molar refractivity (Wildman–Crippen MR) is 63.3 cm³/mol. The predicted octanol–water partition coefficient (Wildman–Crippen LogP) is -0.0621. The molecule has 0 unspecified atom stereocenters. The van der Waals surface area contributed by atoms with Gasteiger partial charge in [0.2, 0.25) is 0 Å². The Bertz CT molecular complexity index is 538. The molecule has 7 heteroatoms. The first-order valence-electron chi connectivity index (χ1n) is 4.55. The average Bonchev–Trinajstić information content (AvgIpc) is 2.61. The molecule has 2 rings (SSSR count). The van der Waals surface area contributed by atoms with Crippen molar-refractivity contribution in [1.29, 1.82) is 0 Å². The molecule has 0 saturated heterocycles. The number of aryl methyl sites for hydroxylation is 1. The molecule has 0 radical (unpaired) electrons. The van der Waals surface area contributed by atoms with Crippen molar-refractivity contribution in [3.63, 3.8) is 0 Å². The Balaban J connectivity index is 0.00000144. The van der Waals surface area contributed by atoms with Gasteiger partial charge in [0.15, 0.2) is 5.76 Å². The van der Waals surface area contributed by atoms with Gasteiger partial charge in [0.1, 0.15) is 5.56 Å². The smallest absolute Gasteiger partial charge is 0.870 e. The topological polar surface area (TPSA) is 93.3 Å². The van der Waals surface area contributed by atoms with Crippen LogP contribution in [0.5, 0.6) is 0 Å². The van der Waals surface area contributed by atoms with Crippen LogP contribution in [0.2, 0.25) is 0 Å². The zero-order valence-corrected chi connectivity index (χ0v) is 11.4. The zero-order valence-electron chi connectivity index (χ0n) is 9.85. The number of nitrogens with zero attached hydrogens (tertiary/aromatic N) is 1. The molecule has 18 heavy (non-hydrogen) atoms. The van der Waals surface area contributed by atoms with Crippen molar-refractivity contribution in [2.45, 2.75) is 6.92 Å². The molecular weight excluding hydrogens is 297 g/mol. The van der Waals surface area contributed by atoms with Gasteiger partial charge in [-0.05, 0) is 31.2 Å². The number of carboxylic acid groups (broad SMARTS) is 1. The molecule has 1 aromatic carbocycles. The van der Waals surface area contributed by atoms with E-state index in [2.05, 4.69) is 21.1 Å². The van der Waals surface area contributed by atoms with Crippen LogP contribution in [0.25, 0.3) is 11.3 Å². The van der Waals surface area contributed by atoms with E-state index in [0.717, 1.165) is 4.47 Å². The van der Waals surface area contributed by atoms with Crippen LogP contribution < -0.4 is 18.9 Å². The summed E-state index contributed by atoms with van der Waals surface area (Å²) in [5.74, 6) is -0.742. The molecule has 0 aliphatic heterocycles. The fourth-order valence-electron chi connectivity index (χ4n) is 1.42. The summed E-state index contributed by atoms with van der Waals surface area (Å²) in [6.45, 7) is 1.61.